The molecule has 1 aliphatic rings. The Kier molecular flexibility index (Phi) is 7.88. The van der Waals surface area contributed by atoms with Gasteiger partial charge in [-0.2, -0.15) is 0 Å². The lowest BCUT2D eigenvalue weighted by atomic mass is 10.0. The van der Waals surface area contributed by atoms with E-state index in [0.29, 0.717) is 6.54 Å². The van der Waals surface area contributed by atoms with Crippen molar-refractivity contribution in [3.05, 3.63) is 71.3 Å². The highest BCUT2D eigenvalue weighted by Crippen LogP contribution is 2.22. The van der Waals surface area contributed by atoms with Crippen molar-refractivity contribution in [2.75, 3.05) is 44.6 Å². The van der Waals surface area contributed by atoms with Gasteiger partial charge in [-0.05, 0) is 29.5 Å². The standard InChI is InChI=1S/C25H33N3O/c1-3-22-13-8-14-23(4-2)25(22)26-20-24(29)28-18-16-27(17-19-28)15-9-12-21-10-6-5-7-11-21/h5-14,26H,3-4,15-20H2,1-2H3/b12-9+. The van der Waals surface area contributed by atoms with E-state index in [-0.39, 0.29) is 5.91 Å². The quantitative estimate of drug-likeness (QED) is 0.736. The molecular formula is C25H33N3O. The Labute approximate surface area is 175 Å². The fourth-order valence-corrected chi connectivity index (χ4v) is 3.83. The molecule has 154 valence electrons. The van der Waals surface area contributed by atoms with E-state index in [1.807, 2.05) is 11.0 Å². The van der Waals surface area contributed by atoms with E-state index >= 15 is 0 Å². The van der Waals surface area contributed by atoms with E-state index in [1.165, 1.54) is 16.7 Å². The van der Waals surface area contributed by atoms with Crippen LogP contribution >= 0.6 is 0 Å². The Balaban J connectivity index is 1.45. The number of aryl methyl sites for hydroxylation is 2. The van der Waals surface area contributed by atoms with Crippen molar-refractivity contribution in [3.8, 4) is 0 Å². The average Bonchev–Trinajstić information content (AvgIpc) is 2.78. The van der Waals surface area contributed by atoms with Crippen LogP contribution in [0, 0.1) is 0 Å². The molecular weight excluding hydrogens is 358 g/mol. The van der Waals surface area contributed by atoms with Gasteiger partial charge < -0.3 is 10.2 Å². The van der Waals surface area contributed by atoms with Crippen LogP contribution in [0.4, 0.5) is 5.69 Å². The molecule has 3 rings (SSSR count). The zero-order valence-corrected chi connectivity index (χ0v) is 17.7. The predicted octanol–water partition coefficient (Wildman–Crippen LogP) is 4.08. The van der Waals surface area contributed by atoms with Crippen molar-refractivity contribution < 1.29 is 4.79 Å². The first-order valence-electron chi connectivity index (χ1n) is 10.8. The van der Waals surface area contributed by atoms with Crippen LogP contribution in [0.15, 0.2) is 54.6 Å². The van der Waals surface area contributed by atoms with Gasteiger partial charge in [0.05, 0.1) is 6.54 Å². The minimum absolute atomic E-state index is 0.192. The van der Waals surface area contributed by atoms with Crippen LogP contribution in [0.5, 0.6) is 0 Å². The largest absolute Gasteiger partial charge is 0.376 e. The zero-order chi connectivity index (χ0) is 20.5. The van der Waals surface area contributed by atoms with Crippen LogP contribution in [0.25, 0.3) is 6.08 Å². The third kappa shape index (κ3) is 5.94. The first kappa shape index (κ1) is 21.1. The summed E-state index contributed by atoms with van der Waals surface area (Å²) in [5.74, 6) is 0.192. The number of nitrogens with zero attached hydrogens (tertiary/aromatic N) is 2. The number of amides is 1. The molecule has 0 saturated carbocycles. The van der Waals surface area contributed by atoms with Crippen LogP contribution in [0.3, 0.4) is 0 Å². The average molecular weight is 392 g/mol. The molecule has 0 spiro atoms. The number of nitrogens with one attached hydrogen (secondary N) is 1. The maximum absolute atomic E-state index is 12.7. The molecule has 1 amide bonds. The summed E-state index contributed by atoms with van der Waals surface area (Å²) in [6, 6.07) is 16.8. The van der Waals surface area contributed by atoms with Crippen LogP contribution in [0.1, 0.15) is 30.5 Å². The van der Waals surface area contributed by atoms with Crippen LogP contribution in [0.2, 0.25) is 0 Å². The lowest BCUT2D eigenvalue weighted by Crippen LogP contribution is -2.50. The number of piperazine rings is 1. The predicted molar refractivity (Wildman–Crippen MR) is 122 cm³/mol. The minimum atomic E-state index is 0.192. The molecule has 1 fully saturated rings. The van der Waals surface area contributed by atoms with Crippen molar-refractivity contribution in [2.45, 2.75) is 26.7 Å². The maximum Gasteiger partial charge on any atom is 0.241 e. The van der Waals surface area contributed by atoms with Gasteiger partial charge >= 0.3 is 0 Å². The second kappa shape index (κ2) is 10.8. The molecule has 0 radical (unpaired) electrons. The molecule has 0 unspecified atom stereocenters. The smallest absolute Gasteiger partial charge is 0.241 e. The van der Waals surface area contributed by atoms with E-state index in [1.54, 1.807) is 0 Å². The van der Waals surface area contributed by atoms with Gasteiger partial charge in [0, 0.05) is 38.4 Å². The molecule has 2 aromatic rings. The molecule has 29 heavy (non-hydrogen) atoms. The van der Waals surface area contributed by atoms with E-state index < -0.39 is 0 Å². The summed E-state index contributed by atoms with van der Waals surface area (Å²) in [7, 11) is 0. The summed E-state index contributed by atoms with van der Waals surface area (Å²) in [6.07, 6.45) is 6.32. The Morgan fingerprint density at radius 3 is 2.21 bits per heavy atom. The molecule has 1 saturated heterocycles. The van der Waals surface area contributed by atoms with Crippen LogP contribution in [-0.4, -0.2) is 55.0 Å². The monoisotopic (exact) mass is 391 g/mol. The normalized spacial score (nSPS) is 15.0. The summed E-state index contributed by atoms with van der Waals surface area (Å²) in [4.78, 5) is 17.1. The van der Waals surface area contributed by atoms with E-state index in [4.69, 9.17) is 0 Å². The highest BCUT2D eigenvalue weighted by atomic mass is 16.2. The second-order valence-electron chi connectivity index (χ2n) is 7.51. The third-order valence-corrected chi connectivity index (χ3v) is 5.61. The summed E-state index contributed by atoms with van der Waals surface area (Å²) >= 11 is 0. The van der Waals surface area contributed by atoms with Gasteiger partial charge in [0.25, 0.3) is 0 Å². The fourth-order valence-electron chi connectivity index (χ4n) is 3.83. The lowest BCUT2D eigenvalue weighted by molar-refractivity contribution is -0.130. The van der Waals surface area contributed by atoms with E-state index in [9.17, 15) is 4.79 Å². The van der Waals surface area contributed by atoms with Gasteiger partial charge in [-0.3, -0.25) is 9.69 Å². The minimum Gasteiger partial charge on any atom is -0.376 e. The number of anilines is 1. The Hall–Kier alpha value is -2.59. The maximum atomic E-state index is 12.7. The van der Waals surface area contributed by atoms with E-state index in [2.05, 4.69) is 78.7 Å². The number of hydrogen-bond acceptors (Lipinski definition) is 3. The number of para-hydroxylation sites is 1. The molecule has 1 aliphatic heterocycles. The first-order chi connectivity index (χ1) is 14.2. The molecule has 0 atom stereocenters. The summed E-state index contributed by atoms with van der Waals surface area (Å²) in [5.41, 5.74) is 4.95. The van der Waals surface area contributed by atoms with E-state index in [0.717, 1.165) is 51.3 Å². The molecule has 1 N–H and O–H groups in total. The summed E-state index contributed by atoms with van der Waals surface area (Å²) in [6.45, 7) is 9.08. The van der Waals surface area contributed by atoms with Crippen molar-refractivity contribution in [1.82, 2.24) is 9.80 Å². The van der Waals surface area contributed by atoms with Crippen LogP contribution < -0.4 is 5.32 Å². The Morgan fingerprint density at radius 2 is 1.59 bits per heavy atom. The summed E-state index contributed by atoms with van der Waals surface area (Å²) in [5, 5.41) is 3.43. The fraction of sp³-hybridized carbons (Fsp3) is 0.400. The van der Waals surface area contributed by atoms with Crippen molar-refractivity contribution in [1.29, 1.82) is 0 Å². The van der Waals surface area contributed by atoms with Gasteiger partial charge in [0.1, 0.15) is 0 Å². The van der Waals surface area contributed by atoms with Crippen molar-refractivity contribution in [2.24, 2.45) is 0 Å². The topological polar surface area (TPSA) is 35.6 Å². The molecule has 2 aromatic carbocycles. The number of benzene rings is 2. The Morgan fingerprint density at radius 1 is 0.931 bits per heavy atom. The first-order valence-corrected chi connectivity index (χ1v) is 10.8. The van der Waals surface area contributed by atoms with Gasteiger partial charge in [-0.15, -0.1) is 0 Å². The van der Waals surface area contributed by atoms with Gasteiger partial charge in [0.2, 0.25) is 5.91 Å². The lowest BCUT2D eigenvalue weighted by Gasteiger charge is -2.34. The molecule has 0 aromatic heterocycles. The number of hydrogen-bond donors (Lipinski definition) is 1. The second-order valence-corrected chi connectivity index (χ2v) is 7.51. The Bertz CT molecular complexity index is 786. The van der Waals surface area contributed by atoms with Gasteiger partial charge in [-0.25, -0.2) is 0 Å². The van der Waals surface area contributed by atoms with Gasteiger partial charge in [-0.1, -0.05) is 74.5 Å². The molecule has 1 heterocycles. The number of carbonyl (C=O) groups excluding carboxylic acids is 1. The highest BCUT2D eigenvalue weighted by Gasteiger charge is 2.20. The van der Waals surface area contributed by atoms with Crippen molar-refractivity contribution >= 4 is 17.7 Å². The number of carbonyl (C=O) groups is 1. The molecule has 0 aliphatic carbocycles. The van der Waals surface area contributed by atoms with Gasteiger partial charge in [0.15, 0.2) is 0 Å². The zero-order valence-electron chi connectivity index (χ0n) is 17.7. The summed E-state index contributed by atoms with van der Waals surface area (Å²) < 4.78 is 0. The molecule has 0 bridgehead atoms. The van der Waals surface area contributed by atoms with Crippen LogP contribution in [-0.2, 0) is 17.6 Å². The molecule has 4 nitrogen and oxygen atoms in total. The number of rotatable bonds is 8. The third-order valence-electron chi connectivity index (χ3n) is 5.61. The highest BCUT2D eigenvalue weighted by molar-refractivity contribution is 5.81. The van der Waals surface area contributed by atoms with Crippen molar-refractivity contribution in [3.63, 3.8) is 0 Å². The SMILES string of the molecule is CCc1cccc(CC)c1NCC(=O)N1CCN(C/C=C/c2ccccc2)CC1. The molecule has 4 heteroatoms.